The highest BCUT2D eigenvalue weighted by Gasteiger charge is 2.08. The summed E-state index contributed by atoms with van der Waals surface area (Å²) >= 11 is 3.54. The molecule has 0 aliphatic rings. The monoisotopic (exact) mass is 335 g/mol. The SMILES string of the molecule is CCCNCc1cccc(Br)c1OCc1ncccn1. The molecule has 0 saturated heterocycles. The molecule has 0 aliphatic heterocycles. The zero-order valence-corrected chi connectivity index (χ0v) is 13.1. The molecule has 2 rings (SSSR count). The molecular formula is C15H18BrN3O. The Morgan fingerprint density at radius 2 is 2.00 bits per heavy atom. The molecule has 106 valence electrons. The number of nitrogens with one attached hydrogen (secondary N) is 1. The van der Waals surface area contributed by atoms with Gasteiger partial charge < -0.3 is 10.1 Å². The lowest BCUT2D eigenvalue weighted by Gasteiger charge is -2.13. The third-order valence-corrected chi connectivity index (χ3v) is 3.38. The highest BCUT2D eigenvalue weighted by molar-refractivity contribution is 9.10. The minimum atomic E-state index is 0.365. The Kier molecular flexibility index (Phi) is 5.95. The van der Waals surface area contributed by atoms with Gasteiger partial charge in [0.15, 0.2) is 5.82 Å². The summed E-state index contributed by atoms with van der Waals surface area (Å²) in [6.07, 6.45) is 4.55. The Morgan fingerprint density at radius 1 is 1.20 bits per heavy atom. The first-order chi connectivity index (χ1) is 9.81. The molecule has 1 aromatic heterocycles. The minimum absolute atomic E-state index is 0.365. The molecule has 0 saturated carbocycles. The van der Waals surface area contributed by atoms with Crippen molar-refractivity contribution in [3.8, 4) is 5.75 Å². The van der Waals surface area contributed by atoms with Crippen molar-refractivity contribution in [2.45, 2.75) is 26.5 Å². The summed E-state index contributed by atoms with van der Waals surface area (Å²) in [7, 11) is 0. The second kappa shape index (κ2) is 7.97. The van der Waals surface area contributed by atoms with Crippen LogP contribution < -0.4 is 10.1 Å². The molecule has 0 atom stereocenters. The second-order valence-electron chi connectivity index (χ2n) is 4.36. The van der Waals surface area contributed by atoms with Gasteiger partial charge in [-0.3, -0.25) is 0 Å². The van der Waals surface area contributed by atoms with Crippen LogP contribution in [0.5, 0.6) is 5.75 Å². The van der Waals surface area contributed by atoms with E-state index in [4.69, 9.17) is 4.74 Å². The molecule has 0 amide bonds. The molecule has 4 nitrogen and oxygen atoms in total. The summed E-state index contributed by atoms with van der Waals surface area (Å²) in [5, 5.41) is 3.39. The quantitative estimate of drug-likeness (QED) is 0.788. The Bertz CT molecular complexity index is 534. The Morgan fingerprint density at radius 3 is 2.75 bits per heavy atom. The van der Waals surface area contributed by atoms with Crippen molar-refractivity contribution in [1.82, 2.24) is 15.3 Å². The average molecular weight is 336 g/mol. The summed E-state index contributed by atoms with van der Waals surface area (Å²) in [6.45, 7) is 4.30. The number of rotatable bonds is 7. The van der Waals surface area contributed by atoms with Crippen LogP contribution in [-0.2, 0) is 13.2 Å². The van der Waals surface area contributed by atoms with E-state index in [1.54, 1.807) is 18.5 Å². The zero-order valence-electron chi connectivity index (χ0n) is 11.5. The molecule has 0 unspecified atom stereocenters. The molecule has 1 aromatic carbocycles. The van der Waals surface area contributed by atoms with E-state index >= 15 is 0 Å². The van der Waals surface area contributed by atoms with Crippen LogP contribution in [0.1, 0.15) is 24.7 Å². The van der Waals surface area contributed by atoms with E-state index in [-0.39, 0.29) is 0 Å². The van der Waals surface area contributed by atoms with Crippen molar-refractivity contribution in [3.05, 3.63) is 52.5 Å². The normalized spacial score (nSPS) is 10.5. The summed E-state index contributed by atoms with van der Waals surface area (Å²) < 4.78 is 6.82. The van der Waals surface area contributed by atoms with Gasteiger partial charge in [-0.2, -0.15) is 0 Å². The first-order valence-electron chi connectivity index (χ1n) is 6.68. The van der Waals surface area contributed by atoms with Gasteiger partial charge in [-0.15, -0.1) is 0 Å². The molecule has 1 N–H and O–H groups in total. The Balaban J connectivity index is 2.05. The number of benzene rings is 1. The molecular weight excluding hydrogens is 318 g/mol. The number of ether oxygens (including phenoxy) is 1. The van der Waals surface area contributed by atoms with Crippen molar-refractivity contribution in [1.29, 1.82) is 0 Å². The maximum Gasteiger partial charge on any atom is 0.166 e. The number of aromatic nitrogens is 2. The standard InChI is InChI=1S/C15H18BrN3O/c1-2-7-17-10-12-5-3-6-13(16)15(12)20-11-14-18-8-4-9-19-14/h3-6,8-9,17H,2,7,10-11H2,1H3. The molecule has 0 aliphatic carbocycles. The molecule has 0 spiro atoms. The lowest BCUT2D eigenvalue weighted by molar-refractivity contribution is 0.290. The molecule has 5 heteroatoms. The van der Waals surface area contributed by atoms with Gasteiger partial charge in [-0.05, 0) is 41.0 Å². The number of para-hydroxylation sites is 1. The van der Waals surface area contributed by atoms with E-state index in [0.717, 1.165) is 35.3 Å². The highest BCUT2D eigenvalue weighted by Crippen LogP contribution is 2.29. The van der Waals surface area contributed by atoms with Crippen LogP contribution in [-0.4, -0.2) is 16.5 Å². The van der Waals surface area contributed by atoms with Gasteiger partial charge in [0.05, 0.1) is 4.47 Å². The van der Waals surface area contributed by atoms with Gasteiger partial charge in [0.25, 0.3) is 0 Å². The van der Waals surface area contributed by atoms with Gasteiger partial charge in [0.2, 0.25) is 0 Å². The fourth-order valence-corrected chi connectivity index (χ4v) is 2.32. The Labute approximate surface area is 127 Å². The fraction of sp³-hybridized carbons (Fsp3) is 0.333. The molecule has 0 fully saturated rings. The van der Waals surface area contributed by atoms with Gasteiger partial charge in [0.1, 0.15) is 12.4 Å². The maximum absolute atomic E-state index is 5.87. The first kappa shape index (κ1) is 14.9. The van der Waals surface area contributed by atoms with Gasteiger partial charge in [0, 0.05) is 24.5 Å². The number of halogens is 1. The van der Waals surface area contributed by atoms with Crippen molar-refractivity contribution in [3.63, 3.8) is 0 Å². The van der Waals surface area contributed by atoms with Crippen molar-refractivity contribution < 1.29 is 4.74 Å². The van der Waals surface area contributed by atoms with E-state index in [2.05, 4.69) is 44.2 Å². The van der Waals surface area contributed by atoms with E-state index in [0.29, 0.717) is 12.4 Å². The third-order valence-electron chi connectivity index (χ3n) is 2.76. The van der Waals surface area contributed by atoms with Crippen LogP contribution in [0, 0.1) is 0 Å². The van der Waals surface area contributed by atoms with Crippen molar-refractivity contribution in [2.75, 3.05) is 6.54 Å². The summed E-state index contributed by atoms with van der Waals surface area (Å²) in [6, 6.07) is 7.85. The van der Waals surface area contributed by atoms with Gasteiger partial charge in [-0.25, -0.2) is 9.97 Å². The number of nitrogens with zero attached hydrogens (tertiary/aromatic N) is 2. The van der Waals surface area contributed by atoms with Crippen LogP contribution in [0.4, 0.5) is 0 Å². The van der Waals surface area contributed by atoms with Gasteiger partial charge in [-0.1, -0.05) is 19.1 Å². The first-order valence-corrected chi connectivity index (χ1v) is 7.47. The zero-order chi connectivity index (χ0) is 14.2. The molecule has 0 radical (unpaired) electrons. The average Bonchev–Trinajstić information content (AvgIpc) is 2.48. The van der Waals surface area contributed by atoms with Crippen LogP contribution in [0.2, 0.25) is 0 Å². The summed E-state index contributed by atoms with van der Waals surface area (Å²) in [5.74, 6) is 1.53. The van der Waals surface area contributed by atoms with Crippen LogP contribution in [0.3, 0.4) is 0 Å². The third kappa shape index (κ3) is 4.28. The molecule has 20 heavy (non-hydrogen) atoms. The minimum Gasteiger partial charge on any atom is -0.484 e. The summed E-state index contributed by atoms with van der Waals surface area (Å²) in [4.78, 5) is 8.32. The lowest BCUT2D eigenvalue weighted by atomic mass is 10.2. The smallest absolute Gasteiger partial charge is 0.166 e. The van der Waals surface area contributed by atoms with E-state index in [1.807, 2.05) is 12.1 Å². The predicted molar refractivity (Wildman–Crippen MR) is 82.5 cm³/mol. The Hall–Kier alpha value is -1.46. The van der Waals surface area contributed by atoms with Crippen LogP contribution in [0.15, 0.2) is 41.1 Å². The second-order valence-corrected chi connectivity index (χ2v) is 5.21. The molecule has 1 heterocycles. The van der Waals surface area contributed by atoms with Crippen molar-refractivity contribution >= 4 is 15.9 Å². The van der Waals surface area contributed by atoms with Crippen LogP contribution in [0.25, 0.3) is 0 Å². The number of hydrogen-bond donors (Lipinski definition) is 1. The largest absolute Gasteiger partial charge is 0.484 e. The maximum atomic E-state index is 5.87. The fourth-order valence-electron chi connectivity index (χ4n) is 1.80. The predicted octanol–water partition coefficient (Wildman–Crippen LogP) is 3.32. The number of hydrogen-bond acceptors (Lipinski definition) is 4. The highest BCUT2D eigenvalue weighted by atomic mass is 79.9. The van der Waals surface area contributed by atoms with Crippen molar-refractivity contribution in [2.24, 2.45) is 0 Å². The van der Waals surface area contributed by atoms with E-state index in [1.165, 1.54) is 0 Å². The summed E-state index contributed by atoms with van der Waals surface area (Å²) in [5.41, 5.74) is 1.13. The molecule has 2 aromatic rings. The van der Waals surface area contributed by atoms with Gasteiger partial charge >= 0.3 is 0 Å². The van der Waals surface area contributed by atoms with E-state index in [9.17, 15) is 0 Å². The van der Waals surface area contributed by atoms with E-state index < -0.39 is 0 Å². The van der Waals surface area contributed by atoms with Crippen LogP contribution >= 0.6 is 15.9 Å². The lowest BCUT2D eigenvalue weighted by Crippen LogP contribution is -2.15. The molecule has 0 bridgehead atoms. The topological polar surface area (TPSA) is 47.0 Å².